The Kier molecular flexibility index (Phi) is 5.50. The molecule has 1 aliphatic rings. The molecule has 8 nitrogen and oxygen atoms in total. The maximum absolute atomic E-state index is 13.0. The van der Waals surface area contributed by atoms with Gasteiger partial charge in [-0.3, -0.25) is 14.4 Å². The fourth-order valence-corrected chi connectivity index (χ4v) is 4.08. The van der Waals surface area contributed by atoms with Crippen molar-refractivity contribution in [2.24, 2.45) is 0 Å². The number of nitrogens with one attached hydrogen (secondary N) is 1. The van der Waals surface area contributed by atoms with Crippen LogP contribution in [0.5, 0.6) is 0 Å². The lowest BCUT2D eigenvalue weighted by Gasteiger charge is -2.26. The van der Waals surface area contributed by atoms with Gasteiger partial charge in [-0.2, -0.15) is 0 Å². The number of rotatable bonds is 5. The van der Waals surface area contributed by atoms with Gasteiger partial charge in [0.2, 0.25) is 11.7 Å². The SMILES string of the molecule is Cc1csc(=O)n1CCC(=O)Nc1c(C(=O)N2CCOCC2)oc2ccccc12. The third-order valence-corrected chi connectivity index (χ3v) is 5.77. The van der Waals surface area contributed by atoms with Gasteiger partial charge in [0.05, 0.1) is 13.2 Å². The molecule has 3 heterocycles. The molecular formula is C20H21N3O5S. The Bertz CT molecular complexity index is 1110. The van der Waals surface area contributed by atoms with Crippen LogP contribution in [0.3, 0.4) is 0 Å². The molecule has 1 saturated heterocycles. The molecule has 1 aliphatic heterocycles. The summed E-state index contributed by atoms with van der Waals surface area (Å²) in [5.41, 5.74) is 1.73. The predicted molar refractivity (Wildman–Crippen MR) is 109 cm³/mol. The largest absolute Gasteiger partial charge is 0.449 e. The molecule has 1 aromatic carbocycles. The number of hydrogen-bond acceptors (Lipinski definition) is 6. The van der Waals surface area contributed by atoms with Gasteiger partial charge in [-0.25, -0.2) is 0 Å². The van der Waals surface area contributed by atoms with E-state index in [1.807, 2.05) is 19.1 Å². The minimum Gasteiger partial charge on any atom is -0.449 e. The first-order valence-corrected chi connectivity index (χ1v) is 10.3. The molecule has 2 amide bonds. The van der Waals surface area contributed by atoms with Gasteiger partial charge < -0.3 is 23.9 Å². The van der Waals surface area contributed by atoms with Crippen molar-refractivity contribution in [2.45, 2.75) is 19.9 Å². The number of anilines is 1. The quantitative estimate of drug-likeness (QED) is 0.691. The van der Waals surface area contributed by atoms with Crippen LogP contribution in [0.2, 0.25) is 0 Å². The minimum absolute atomic E-state index is 0.0905. The molecule has 29 heavy (non-hydrogen) atoms. The monoisotopic (exact) mass is 415 g/mol. The first-order chi connectivity index (χ1) is 14.0. The molecule has 0 unspecified atom stereocenters. The fourth-order valence-electron chi connectivity index (χ4n) is 3.32. The molecule has 9 heteroatoms. The van der Waals surface area contributed by atoms with Gasteiger partial charge in [0.15, 0.2) is 0 Å². The number of morpholine rings is 1. The molecule has 0 atom stereocenters. The van der Waals surface area contributed by atoms with Crippen LogP contribution >= 0.6 is 11.3 Å². The second kappa shape index (κ2) is 8.22. The third-order valence-electron chi connectivity index (χ3n) is 4.89. The number of hydrogen-bond donors (Lipinski definition) is 1. The van der Waals surface area contributed by atoms with Gasteiger partial charge in [-0.15, -0.1) is 0 Å². The molecule has 0 spiro atoms. The van der Waals surface area contributed by atoms with Crippen LogP contribution in [0, 0.1) is 6.92 Å². The summed E-state index contributed by atoms with van der Waals surface area (Å²) in [4.78, 5) is 39.0. The van der Waals surface area contributed by atoms with Crippen LogP contribution < -0.4 is 10.2 Å². The highest BCUT2D eigenvalue weighted by Gasteiger charge is 2.27. The van der Waals surface area contributed by atoms with Crippen LogP contribution in [0.15, 0.2) is 38.9 Å². The summed E-state index contributed by atoms with van der Waals surface area (Å²) in [6, 6.07) is 7.20. The average molecular weight is 415 g/mol. The zero-order valence-corrected chi connectivity index (χ0v) is 16.8. The standard InChI is InChI=1S/C20H21N3O5S/c1-13-12-29-20(26)23(13)7-6-16(24)21-17-14-4-2-3-5-15(14)28-18(17)19(25)22-8-10-27-11-9-22/h2-5,12H,6-11H2,1H3,(H,21,24). The van der Waals surface area contributed by atoms with E-state index in [4.69, 9.17) is 9.15 Å². The highest BCUT2D eigenvalue weighted by atomic mass is 32.1. The number of fused-ring (bicyclic) bond motifs is 1. The van der Waals surface area contributed by atoms with E-state index < -0.39 is 0 Å². The van der Waals surface area contributed by atoms with Gasteiger partial charge in [0.1, 0.15) is 11.3 Å². The van der Waals surface area contributed by atoms with Crippen molar-refractivity contribution in [2.75, 3.05) is 31.6 Å². The van der Waals surface area contributed by atoms with Crippen molar-refractivity contribution in [1.29, 1.82) is 0 Å². The normalized spacial score (nSPS) is 14.3. The van der Waals surface area contributed by atoms with E-state index in [2.05, 4.69) is 5.32 Å². The Morgan fingerprint density at radius 1 is 1.21 bits per heavy atom. The topological polar surface area (TPSA) is 93.8 Å². The molecule has 0 bridgehead atoms. The molecule has 3 aromatic rings. The zero-order valence-electron chi connectivity index (χ0n) is 16.0. The number of thiazole rings is 1. The van der Waals surface area contributed by atoms with Crippen LogP contribution in [0.1, 0.15) is 22.7 Å². The van der Waals surface area contributed by atoms with Gasteiger partial charge >= 0.3 is 4.87 Å². The third kappa shape index (κ3) is 3.96. The van der Waals surface area contributed by atoms with E-state index in [9.17, 15) is 14.4 Å². The molecule has 2 aromatic heterocycles. The molecule has 1 N–H and O–H groups in total. The maximum Gasteiger partial charge on any atom is 0.307 e. The van der Waals surface area contributed by atoms with E-state index in [0.717, 1.165) is 17.0 Å². The maximum atomic E-state index is 13.0. The summed E-state index contributed by atoms with van der Waals surface area (Å²) in [7, 11) is 0. The van der Waals surface area contributed by atoms with Crippen molar-refractivity contribution < 1.29 is 18.7 Å². The number of carbonyl (C=O) groups excluding carboxylic acids is 2. The average Bonchev–Trinajstić information content (AvgIpc) is 3.26. The number of aromatic nitrogens is 1. The zero-order chi connectivity index (χ0) is 20.4. The molecule has 4 rings (SSSR count). The van der Waals surface area contributed by atoms with E-state index >= 15 is 0 Å². The Labute approximate surface area is 170 Å². The first-order valence-electron chi connectivity index (χ1n) is 9.38. The molecular weight excluding hydrogens is 394 g/mol. The van der Waals surface area contributed by atoms with Crippen molar-refractivity contribution in [3.05, 3.63) is 50.8 Å². The first kappa shape index (κ1) is 19.4. The highest BCUT2D eigenvalue weighted by molar-refractivity contribution is 7.07. The Hall–Kier alpha value is -2.91. The van der Waals surface area contributed by atoms with Gasteiger partial charge in [-0.1, -0.05) is 23.5 Å². The van der Waals surface area contributed by atoms with E-state index in [1.165, 1.54) is 0 Å². The number of para-hydroxylation sites is 1. The summed E-state index contributed by atoms with van der Waals surface area (Å²) in [6.07, 6.45) is 0.113. The van der Waals surface area contributed by atoms with Crippen LogP contribution in [-0.2, 0) is 16.1 Å². The number of amides is 2. The van der Waals surface area contributed by atoms with Crippen LogP contribution in [0.25, 0.3) is 11.0 Å². The fraction of sp³-hybridized carbons (Fsp3) is 0.350. The number of furan rings is 1. The minimum atomic E-state index is -0.287. The Morgan fingerprint density at radius 3 is 2.69 bits per heavy atom. The second-order valence-electron chi connectivity index (χ2n) is 6.80. The van der Waals surface area contributed by atoms with Crippen molar-refractivity contribution in [3.63, 3.8) is 0 Å². The number of ether oxygens (including phenoxy) is 1. The highest BCUT2D eigenvalue weighted by Crippen LogP contribution is 2.32. The second-order valence-corrected chi connectivity index (χ2v) is 7.62. The number of aryl methyl sites for hydroxylation is 1. The number of benzene rings is 1. The van der Waals surface area contributed by atoms with Crippen molar-refractivity contribution >= 4 is 39.8 Å². The summed E-state index contributed by atoms with van der Waals surface area (Å²) < 4.78 is 12.7. The van der Waals surface area contributed by atoms with Gasteiger partial charge in [0, 0.05) is 42.5 Å². The van der Waals surface area contributed by atoms with E-state index in [-0.39, 0.29) is 35.4 Å². The van der Waals surface area contributed by atoms with Gasteiger partial charge in [0.25, 0.3) is 5.91 Å². The van der Waals surface area contributed by atoms with Crippen molar-refractivity contribution in [1.82, 2.24) is 9.47 Å². The molecule has 1 fully saturated rings. The lowest BCUT2D eigenvalue weighted by molar-refractivity contribution is -0.116. The summed E-state index contributed by atoms with van der Waals surface area (Å²) >= 11 is 1.11. The summed E-state index contributed by atoms with van der Waals surface area (Å²) in [6.45, 7) is 4.01. The summed E-state index contributed by atoms with van der Waals surface area (Å²) in [5, 5.41) is 5.27. The van der Waals surface area contributed by atoms with Crippen LogP contribution in [0.4, 0.5) is 5.69 Å². The van der Waals surface area contributed by atoms with Crippen molar-refractivity contribution in [3.8, 4) is 0 Å². The van der Waals surface area contributed by atoms with Gasteiger partial charge in [-0.05, 0) is 19.1 Å². The summed E-state index contributed by atoms with van der Waals surface area (Å²) in [5.74, 6) is -0.444. The van der Waals surface area contributed by atoms with Crippen LogP contribution in [-0.4, -0.2) is 47.6 Å². The van der Waals surface area contributed by atoms with E-state index in [1.54, 1.807) is 27.0 Å². The lowest BCUT2D eigenvalue weighted by Crippen LogP contribution is -2.40. The molecule has 0 radical (unpaired) electrons. The van der Waals surface area contributed by atoms with E-state index in [0.29, 0.717) is 43.0 Å². The molecule has 152 valence electrons. The molecule has 0 aliphatic carbocycles. The smallest absolute Gasteiger partial charge is 0.307 e. The molecule has 0 saturated carbocycles. The Morgan fingerprint density at radius 2 is 1.97 bits per heavy atom. The lowest BCUT2D eigenvalue weighted by atomic mass is 10.2. The predicted octanol–water partition coefficient (Wildman–Crippen LogP) is 2.47. The number of carbonyl (C=O) groups is 2. The Balaban J connectivity index is 1.57. The number of nitrogens with zero attached hydrogens (tertiary/aromatic N) is 2.